The van der Waals surface area contributed by atoms with E-state index in [1.165, 1.54) is 11.3 Å². The molecule has 1 aliphatic rings. The maximum Gasteiger partial charge on any atom is 0.270 e. The van der Waals surface area contributed by atoms with Crippen molar-refractivity contribution in [2.24, 2.45) is 16.7 Å². The van der Waals surface area contributed by atoms with Crippen LogP contribution in [0.4, 0.5) is 0 Å². The van der Waals surface area contributed by atoms with E-state index in [2.05, 4.69) is 38.0 Å². The third-order valence-corrected chi connectivity index (χ3v) is 5.04. The maximum absolute atomic E-state index is 11.7. The summed E-state index contributed by atoms with van der Waals surface area (Å²) in [5.41, 5.74) is 2.85. The first kappa shape index (κ1) is 11.6. The monoisotopic (exact) mass is 238 g/mol. The van der Waals surface area contributed by atoms with Gasteiger partial charge in [0.15, 0.2) is 0 Å². The summed E-state index contributed by atoms with van der Waals surface area (Å²) < 4.78 is 0. The Kier molecular flexibility index (Phi) is 2.57. The minimum absolute atomic E-state index is 0.0558. The van der Waals surface area contributed by atoms with E-state index in [1.54, 1.807) is 10.9 Å². The van der Waals surface area contributed by atoms with Gasteiger partial charge in [0.25, 0.3) is 5.91 Å². The molecule has 1 saturated carbocycles. The zero-order valence-corrected chi connectivity index (χ0v) is 11.0. The highest BCUT2D eigenvalue weighted by Crippen LogP contribution is 2.67. The summed E-state index contributed by atoms with van der Waals surface area (Å²) in [6, 6.07) is 0. The molecule has 0 unspecified atom stereocenters. The second kappa shape index (κ2) is 3.55. The van der Waals surface area contributed by atoms with Gasteiger partial charge < -0.3 is 5.32 Å². The summed E-state index contributed by atoms with van der Waals surface area (Å²) in [5.74, 6) is 0.502. The van der Waals surface area contributed by atoms with E-state index in [0.29, 0.717) is 22.4 Å². The lowest BCUT2D eigenvalue weighted by atomic mass is 10.0. The van der Waals surface area contributed by atoms with Crippen molar-refractivity contribution >= 4 is 17.2 Å². The van der Waals surface area contributed by atoms with E-state index < -0.39 is 0 Å². The highest BCUT2D eigenvalue weighted by molar-refractivity contribution is 7.07. The number of thiazole rings is 1. The molecule has 0 aromatic carbocycles. The van der Waals surface area contributed by atoms with Gasteiger partial charge in [-0.25, -0.2) is 4.98 Å². The van der Waals surface area contributed by atoms with Crippen molar-refractivity contribution in [2.75, 3.05) is 6.54 Å². The van der Waals surface area contributed by atoms with E-state index in [4.69, 9.17) is 0 Å². The van der Waals surface area contributed by atoms with Crippen molar-refractivity contribution < 1.29 is 4.79 Å². The zero-order valence-electron chi connectivity index (χ0n) is 10.2. The Morgan fingerprint density at radius 2 is 2.06 bits per heavy atom. The van der Waals surface area contributed by atoms with Crippen LogP contribution in [0.3, 0.4) is 0 Å². The molecule has 0 atom stereocenters. The molecule has 0 aliphatic heterocycles. The summed E-state index contributed by atoms with van der Waals surface area (Å²) in [6.45, 7) is 9.77. The van der Waals surface area contributed by atoms with Crippen molar-refractivity contribution in [1.29, 1.82) is 0 Å². The smallest absolute Gasteiger partial charge is 0.270 e. The standard InChI is InChI=1S/C12H18N2OS/c1-11(2)9(12(11,3)4)5-13-10(15)8-6-16-7-14-8/h6-7,9H,5H2,1-4H3,(H,13,15). The minimum atomic E-state index is -0.0558. The van der Waals surface area contributed by atoms with E-state index in [1.807, 2.05) is 0 Å². The normalized spacial score (nSPS) is 21.8. The van der Waals surface area contributed by atoms with Crippen LogP contribution in [0.15, 0.2) is 10.9 Å². The van der Waals surface area contributed by atoms with Crippen LogP contribution in [0.5, 0.6) is 0 Å². The topological polar surface area (TPSA) is 42.0 Å². The molecule has 1 heterocycles. The quantitative estimate of drug-likeness (QED) is 0.879. The highest BCUT2D eigenvalue weighted by Gasteiger charge is 2.64. The lowest BCUT2D eigenvalue weighted by Gasteiger charge is -2.04. The van der Waals surface area contributed by atoms with Gasteiger partial charge in [-0.15, -0.1) is 11.3 Å². The Hall–Kier alpha value is -0.900. The first-order valence-electron chi connectivity index (χ1n) is 5.54. The lowest BCUT2D eigenvalue weighted by molar-refractivity contribution is 0.0945. The molecule has 16 heavy (non-hydrogen) atoms. The average molecular weight is 238 g/mol. The van der Waals surface area contributed by atoms with Crippen LogP contribution < -0.4 is 5.32 Å². The van der Waals surface area contributed by atoms with Gasteiger partial charge >= 0.3 is 0 Å². The maximum atomic E-state index is 11.7. The second-order valence-electron chi connectivity index (χ2n) is 5.58. The predicted octanol–water partition coefficient (Wildman–Crippen LogP) is 2.56. The van der Waals surface area contributed by atoms with Gasteiger partial charge in [0.05, 0.1) is 5.51 Å². The van der Waals surface area contributed by atoms with Crippen LogP contribution >= 0.6 is 11.3 Å². The van der Waals surface area contributed by atoms with Gasteiger partial charge in [0.2, 0.25) is 0 Å². The number of nitrogens with one attached hydrogen (secondary N) is 1. The fourth-order valence-corrected chi connectivity index (χ4v) is 2.99. The van der Waals surface area contributed by atoms with E-state index in [9.17, 15) is 4.79 Å². The number of nitrogens with zero attached hydrogens (tertiary/aromatic N) is 1. The number of amides is 1. The van der Waals surface area contributed by atoms with Crippen LogP contribution in [0.2, 0.25) is 0 Å². The van der Waals surface area contributed by atoms with Gasteiger partial charge in [-0.3, -0.25) is 4.79 Å². The number of hydrogen-bond acceptors (Lipinski definition) is 3. The fourth-order valence-electron chi connectivity index (χ4n) is 2.45. The van der Waals surface area contributed by atoms with Crippen LogP contribution in [0.25, 0.3) is 0 Å². The van der Waals surface area contributed by atoms with E-state index in [0.717, 1.165) is 6.54 Å². The molecule has 0 radical (unpaired) electrons. The van der Waals surface area contributed by atoms with Crippen molar-refractivity contribution in [1.82, 2.24) is 10.3 Å². The van der Waals surface area contributed by atoms with Crippen LogP contribution in [-0.2, 0) is 0 Å². The molecule has 0 bridgehead atoms. The van der Waals surface area contributed by atoms with E-state index in [-0.39, 0.29) is 5.91 Å². The molecule has 1 aromatic heterocycles. The molecular weight excluding hydrogens is 220 g/mol. The van der Waals surface area contributed by atoms with Crippen molar-refractivity contribution in [2.45, 2.75) is 27.7 Å². The summed E-state index contributed by atoms with van der Waals surface area (Å²) in [7, 11) is 0. The molecular formula is C12H18N2OS. The molecule has 2 rings (SSSR count). The zero-order chi connectivity index (χ0) is 12.0. The Balaban J connectivity index is 1.89. The fraction of sp³-hybridized carbons (Fsp3) is 0.667. The molecule has 3 nitrogen and oxygen atoms in total. The number of hydrogen-bond donors (Lipinski definition) is 1. The molecule has 0 spiro atoms. The Bertz CT molecular complexity index is 381. The van der Waals surface area contributed by atoms with Crippen molar-refractivity contribution in [3.05, 3.63) is 16.6 Å². The SMILES string of the molecule is CC1(C)C(CNC(=O)c2cscn2)C1(C)C. The summed E-state index contributed by atoms with van der Waals surface area (Å²) in [5, 5.41) is 4.74. The summed E-state index contributed by atoms with van der Waals surface area (Å²) in [6.07, 6.45) is 0. The Morgan fingerprint density at radius 1 is 1.44 bits per heavy atom. The minimum Gasteiger partial charge on any atom is -0.350 e. The van der Waals surface area contributed by atoms with Gasteiger partial charge in [-0.1, -0.05) is 27.7 Å². The van der Waals surface area contributed by atoms with Crippen molar-refractivity contribution in [3.63, 3.8) is 0 Å². The Morgan fingerprint density at radius 3 is 2.50 bits per heavy atom. The van der Waals surface area contributed by atoms with Gasteiger partial charge in [0.1, 0.15) is 5.69 Å². The molecule has 1 fully saturated rings. The summed E-state index contributed by atoms with van der Waals surface area (Å²) >= 11 is 1.45. The average Bonchev–Trinajstić information content (AvgIpc) is 2.66. The number of carbonyl (C=O) groups excluding carboxylic acids is 1. The third-order valence-electron chi connectivity index (χ3n) is 4.45. The Labute approximate surface area is 100 Å². The molecule has 1 aromatic rings. The number of carbonyl (C=O) groups is 1. The molecule has 1 N–H and O–H groups in total. The predicted molar refractivity (Wildman–Crippen MR) is 65.5 cm³/mol. The lowest BCUT2D eigenvalue weighted by Crippen LogP contribution is -2.27. The largest absolute Gasteiger partial charge is 0.350 e. The molecule has 1 amide bonds. The van der Waals surface area contributed by atoms with Crippen LogP contribution in [0, 0.1) is 16.7 Å². The molecule has 88 valence electrons. The molecule has 0 saturated heterocycles. The molecule has 1 aliphatic carbocycles. The highest BCUT2D eigenvalue weighted by atomic mass is 32.1. The number of rotatable bonds is 3. The number of aromatic nitrogens is 1. The van der Waals surface area contributed by atoms with Crippen LogP contribution in [0.1, 0.15) is 38.2 Å². The molecule has 4 heteroatoms. The second-order valence-corrected chi connectivity index (χ2v) is 6.30. The van der Waals surface area contributed by atoms with Gasteiger partial charge in [0, 0.05) is 11.9 Å². The third kappa shape index (κ3) is 1.65. The first-order valence-corrected chi connectivity index (χ1v) is 6.48. The summed E-state index contributed by atoms with van der Waals surface area (Å²) in [4.78, 5) is 15.7. The van der Waals surface area contributed by atoms with Crippen molar-refractivity contribution in [3.8, 4) is 0 Å². The van der Waals surface area contributed by atoms with Crippen LogP contribution in [-0.4, -0.2) is 17.4 Å². The first-order chi connectivity index (χ1) is 7.37. The van der Waals surface area contributed by atoms with Gasteiger partial charge in [-0.2, -0.15) is 0 Å². The van der Waals surface area contributed by atoms with E-state index >= 15 is 0 Å². The van der Waals surface area contributed by atoms with Gasteiger partial charge in [-0.05, 0) is 16.7 Å².